The third-order valence-electron chi connectivity index (χ3n) is 5.22. The minimum absolute atomic E-state index is 0.138. The molecule has 8 nitrogen and oxygen atoms in total. The number of thiazole rings is 1. The maximum Gasteiger partial charge on any atom is 0.349 e. The molecule has 0 atom stereocenters. The number of nitrogens with zero attached hydrogens (tertiary/aromatic N) is 4. The number of carbonyl (C=O) groups is 1. The fourth-order valence-corrected chi connectivity index (χ4v) is 4.40. The summed E-state index contributed by atoms with van der Waals surface area (Å²) in [5.74, 6) is 0.0142. The molecule has 0 N–H and O–H groups in total. The summed E-state index contributed by atoms with van der Waals surface area (Å²) < 4.78 is 14.2. The highest BCUT2D eigenvalue weighted by atomic mass is 32.1. The smallest absolute Gasteiger partial charge is 0.349 e. The van der Waals surface area contributed by atoms with E-state index in [1.807, 2.05) is 61.7 Å². The minimum atomic E-state index is -0.776. The van der Waals surface area contributed by atoms with E-state index in [9.17, 15) is 14.9 Å². The molecule has 4 rings (SSSR count). The normalized spacial score (nSPS) is 11.4. The zero-order valence-corrected chi connectivity index (χ0v) is 19.8. The van der Waals surface area contributed by atoms with Gasteiger partial charge in [0.05, 0.1) is 12.3 Å². The predicted molar refractivity (Wildman–Crippen MR) is 129 cm³/mol. The second kappa shape index (κ2) is 9.77. The molecule has 0 fully saturated rings. The Labute approximate surface area is 199 Å². The molecule has 0 amide bonds. The van der Waals surface area contributed by atoms with Crippen LogP contribution in [0, 0.1) is 25.2 Å². The van der Waals surface area contributed by atoms with Gasteiger partial charge in [-0.3, -0.25) is 9.20 Å². The minimum Gasteiger partial charge on any atom is -0.494 e. The topological polar surface area (TPSA) is 98.6 Å². The zero-order valence-electron chi connectivity index (χ0n) is 18.9. The Kier molecular flexibility index (Phi) is 6.61. The lowest BCUT2D eigenvalue weighted by Crippen LogP contribution is -2.15. The highest BCUT2D eigenvalue weighted by molar-refractivity contribution is 7.15. The Bertz CT molecular complexity index is 1490. The molecule has 0 aliphatic rings. The van der Waals surface area contributed by atoms with Crippen LogP contribution >= 0.6 is 11.3 Å². The molecule has 0 unspecified atom stereocenters. The van der Waals surface area contributed by atoms with Gasteiger partial charge in [-0.05, 0) is 62.7 Å². The van der Waals surface area contributed by atoms with Gasteiger partial charge >= 0.3 is 5.97 Å². The van der Waals surface area contributed by atoms with Crippen LogP contribution in [0.3, 0.4) is 0 Å². The van der Waals surface area contributed by atoms with E-state index in [2.05, 4.69) is 4.98 Å². The van der Waals surface area contributed by atoms with E-state index in [1.165, 1.54) is 27.9 Å². The van der Waals surface area contributed by atoms with Crippen molar-refractivity contribution >= 4 is 28.3 Å². The largest absolute Gasteiger partial charge is 0.494 e. The van der Waals surface area contributed by atoms with Crippen LogP contribution in [-0.2, 0) is 16.1 Å². The number of rotatable bonds is 7. The van der Waals surface area contributed by atoms with Crippen LogP contribution in [0.2, 0.25) is 0 Å². The molecular weight excluding hydrogens is 452 g/mol. The fourth-order valence-electron chi connectivity index (χ4n) is 3.66. The quantitative estimate of drug-likeness (QED) is 0.226. The Hall–Kier alpha value is -4.16. The SMILES string of the molecule is CCOc1ccc(-n2c(C)cc(/C=C(\C#N)C(=O)OCc3cc(=O)n4ccsc4n3)c2C)cc1. The maximum atomic E-state index is 12.6. The number of benzene rings is 1. The number of aryl methyl sites for hydroxylation is 1. The molecule has 0 radical (unpaired) electrons. The fraction of sp³-hybridized carbons (Fsp3) is 0.200. The van der Waals surface area contributed by atoms with Crippen LogP contribution < -0.4 is 10.3 Å². The molecule has 9 heteroatoms. The third kappa shape index (κ3) is 4.63. The summed E-state index contributed by atoms with van der Waals surface area (Å²) in [6.45, 7) is 6.20. The Morgan fingerprint density at radius 2 is 2.00 bits per heavy atom. The van der Waals surface area contributed by atoms with Gasteiger partial charge in [-0.1, -0.05) is 0 Å². The van der Waals surface area contributed by atoms with Gasteiger partial charge in [0.25, 0.3) is 5.56 Å². The standard InChI is InChI=1S/C25H22N4O4S/c1-4-32-22-7-5-21(6-8-22)29-16(2)11-18(17(29)3)12-19(14-26)24(31)33-15-20-13-23(30)28-9-10-34-25(28)27-20/h5-13H,4,15H2,1-3H3/b19-12+. The summed E-state index contributed by atoms with van der Waals surface area (Å²) in [6.07, 6.45) is 3.14. The molecule has 3 heterocycles. The highest BCUT2D eigenvalue weighted by Gasteiger charge is 2.16. The molecule has 0 spiro atoms. The molecule has 4 aromatic rings. The zero-order chi connectivity index (χ0) is 24.2. The third-order valence-corrected chi connectivity index (χ3v) is 5.98. The summed E-state index contributed by atoms with van der Waals surface area (Å²) in [7, 11) is 0. The van der Waals surface area contributed by atoms with Gasteiger partial charge in [-0.25, -0.2) is 9.78 Å². The summed E-state index contributed by atoms with van der Waals surface area (Å²) >= 11 is 1.31. The predicted octanol–water partition coefficient (Wildman–Crippen LogP) is 4.21. The van der Waals surface area contributed by atoms with Crippen molar-refractivity contribution in [2.45, 2.75) is 27.4 Å². The first-order valence-corrected chi connectivity index (χ1v) is 11.5. The number of hydrogen-bond donors (Lipinski definition) is 0. The molecule has 172 valence electrons. The summed E-state index contributed by atoms with van der Waals surface area (Å²) in [5.41, 5.74) is 3.44. The lowest BCUT2D eigenvalue weighted by Gasteiger charge is -2.11. The molecule has 0 aliphatic heterocycles. The first-order valence-electron chi connectivity index (χ1n) is 10.6. The first kappa shape index (κ1) is 23.0. The molecule has 0 bridgehead atoms. The van der Waals surface area contributed by atoms with Crippen molar-refractivity contribution in [1.29, 1.82) is 5.26 Å². The number of carbonyl (C=O) groups excluding carboxylic acids is 1. The molecule has 34 heavy (non-hydrogen) atoms. The first-order chi connectivity index (χ1) is 16.4. The van der Waals surface area contributed by atoms with E-state index in [4.69, 9.17) is 9.47 Å². The van der Waals surface area contributed by atoms with E-state index in [0.717, 1.165) is 28.4 Å². The van der Waals surface area contributed by atoms with Crippen molar-refractivity contribution in [3.63, 3.8) is 0 Å². The van der Waals surface area contributed by atoms with E-state index in [0.29, 0.717) is 17.3 Å². The molecule has 0 aliphatic carbocycles. The van der Waals surface area contributed by atoms with Crippen molar-refractivity contribution in [2.24, 2.45) is 0 Å². The van der Waals surface area contributed by atoms with Crippen LogP contribution in [-0.4, -0.2) is 26.5 Å². The van der Waals surface area contributed by atoms with Gasteiger partial charge in [0.2, 0.25) is 0 Å². The molecule has 0 saturated heterocycles. The molecular formula is C25H22N4O4S. The van der Waals surface area contributed by atoms with E-state index in [-0.39, 0.29) is 17.7 Å². The van der Waals surface area contributed by atoms with Crippen molar-refractivity contribution in [3.8, 4) is 17.5 Å². The Balaban J connectivity index is 1.54. The van der Waals surface area contributed by atoms with Gasteiger partial charge in [0.1, 0.15) is 24.0 Å². The van der Waals surface area contributed by atoms with Crippen molar-refractivity contribution < 1.29 is 14.3 Å². The maximum absolute atomic E-state index is 12.6. The van der Waals surface area contributed by atoms with Crippen molar-refractivity contribution in [2.75, 3.05) is 6.61 Å². The molecule has 3 aromatic heterocycles. The molecule has 0 saturated carbocycles. The van der Waals surface area contributed by atoms with Gasteiger partial charge in [0.15, 0.2) is 4.96 Å². The second-order valence-electron chi connectivity index (χ2n) is 7.48. The monoisotopic (exact) mass is 474 g/mol. The number of ether oxygens (including phenoxy) is 2. The summed E-state index contributed by atoms with van der Waals surface area (Å²) in [5, 5.41) is 11.3. The average Bonchev–Trinajstić information content (AvgIpc) is 3.41. The number of nitriles is 1. The number of esters is 1. The summed E-state index contributed by atoms with van der Waals surface area (Å²) in [6, 6.07) is 12.9. The van der Waals surface area contributed by atoms with Gasteiger partial charge < -0.3 is 14.0 Å². The van der Waals surface area contributed by atoms with E-state index in [1.54, 1.807) is 11.6 Å². The number of aromatic nitrogens is 3. The number of fused-ring (bicyclic) bond motifs is 1. The van der Waals surface area contributed by atoms with Crippen LogP contribution in [0.5, 0.6) is 5.75 Å². The van der Waals surface area contributed by atoms with Crippen LogP contribution in [0.15, 0.2) is 58.3 Å². The van der Waals surface area contributed by atoms with Gasteiger partial charge in [0, 0.05) is 34.7 Å². The van der Waals surface area contributed by atoms with Gasteiger partial charge in [-0.15, -0.1) is 11.3 Å². The lowest BCUT2D eigenvalue weighted by atomic mass is 10.1. The number of hydrogen-bond acceptors (Lipinski definition) is 7. The Morgan fingerprint density at radius 3 is 2.71 bits per heavy atom. The van der Waals surface area contributed by atoms with E-state index < -0.39 is 5.97 Å². The Morgan fingerprint density at radius 1 is 1.24 bits per heavy atom. The summed E-state index contributed by atoms with van der Waals surface area (Å²) in [4.78, 5) is 29.5. The van der Waals surface area contributed by atoms with Crippen LogP contribution in [0.4, 0.5) is 0 Å². The molecule has 1 aromatic carbocycles. The van der Waals surface area contributed by atoms with Crippen molar-refractivity contribution in [3.05, 3.63) is 86.5 Å². The average molecular weight is 475 g/mol. The highest BCUT2D eigenvalue weighted by Crippen LogP contribution is 2.24. The van der Waals surface area contributed by atoms with Gasteiger partial charge in [-0.2, -0.15) is 5.26 Å². The van der Waals surface area contributed by atoms with E-state index >= 15 is 0 Å². The second-order valence-corrected chi connectivity index (χ2v) is 8.35. The van der Waals surface area contributed by atoms with Crippen LogP contribution in [0.25, 0.3) is 16.7 Å². The lowest BCUT2D eigenvalue weighted by molar-refractivity contribution is -0.139. The van der Waals surface area contributed by atoms with Crippen molar-refractivity contribution in [1.82, 2.24) is 14.0 Å². The van der Waals surface area contributed by atoms with Crippen LogP contribution in [0.1, 0.15) is 29.6 Å².